The molecule has 1 aromatic carbocycles. The first-order valence-electron chi connectivity index (χ1n) is 7.50. The second kappa shape index (κ2) is 7.02. The van der Waals surface area contributed by atoms with Gasteiger partial charge in [0.25, 0.3) is 0 Å². The molecule has 0 N–H and O–H groups in total. The lowest BCUT2D eigenvalue weighted by atomic mass is 10.2. The number of aromatic nitrogens is 2. The highest BCUT2D eigenvalue weighted by atomic mass is 15.3. The van der Waals surface area contributed by atoms with E-state index in [-0.39, 0.29) is 0 Å². The Morgan fingerprint density at radius 2 is 2.05 bits per heavy atom. The first-order chi connectivity index (χ1) is 10.7. The van der Waals surface area contributed by atoms with Crippen LogP contribution in [-0.4, -0.2) is 47.4 Å². The highest BCUT2D eigenvalue weighted by Crippen LogP contribution is 2.25. The van der Waals surface area contributed by atoms with E-state index in [1.807, 2.05) is 23.0 Å². The van der Waals surface area contributed by atoms with Crippen LogP contribution in [0.25, 0.3) is 5.69 Å². The molecule has 0 radical (unpaired) electrons. The molecule has 5 nitrogen and oxygen atoms in total. The van der Waals surface area contributed by atoms with Gasteiger partial charge in [-0.15, -0.1) is 0 Å². The maximum absolute atomic E-state index is 4.49. The van der Waals surface area contributed by atoms with Crippen LogP contribution in [0.1, 0.15) is 25.0 Å². The third kappa shape index (κ3) is 2.93. The van der Waals surface area contributed by atoms with Crippen molar-refractivity contribution < 1.29 is 0 Å². The topological polar surface area (TPSA) is 45.8 Å². The van der Waals surface area contributed by atoms with Gasteiger partial charge in [-0.3, -0.25) is 4.99 Å². The Bertz CT molecular complexity index is 680. The van der Waals surface area contributed by atoms with Crippen LogP contribution in [0.3, 0.4) is 0 Å². The molecular weight excluding hydrogens is 274 g/mol. The van der Waals surface area contributed by atoms with Crippen LogP contribution in [0.5, 0.6) is 0 Å². The minimum Gasteiger partial charge on any atom is -0.357 e. The van der Waals surface area contributed by atoms with Gasteiger partial charge in [-0.1, -0.05) is 12.1 Å². The summed E-state index contributed by atoms with van der Waals surface area (Å²) in [5, 5.41) is 4.49. The van der Waals surface area contributed by atoms with Gasteiger partial charge in [0.2, 0.25) is 0 Å². The standard InChI is InChI=1S/C17H23N5/c1-6-21(7-2)16(18-4)15-12-20-22(17(15)19-5)14-10-8-9-13(3)11-14/h8-12H,5-7H2,1-4H3/b18-16+. The molecule has 2 rings (SSSR count). The Balaban J connectivity index is 2.54. The molecule has 5 heteroatoms. The SMILES string of the molecule is C=Nc1c(/C(=N\C)N(CC)CC)cnn1-c1cccc(C)c1. The molecule has 116 valence electrons. The highest BCUT2D eigenvalue weighted by molar-refractivity contribution is 6.02. The van der Waals surface area contributed by atoms with E-state index in [1.165, 1.54) is 5.56 Å². The fourth-order valence-electron chi connectivity index (χ4n) is 2.56. The number of amidine groups is 1. The molecular formula is C17H23N5. The van der Waals surface area contributed by atoms with Gasteiger partial charge in [-0.25, -0.2) is 9.67 Å². The maximum Gasteiger partial charge on any atom is 0.166 e. The number of hydrogen-bond donors (Lipinski definition) is 0. The van der Waals surface area contributed by atoms with Gasteiger partial charge >= 0.3 is 0 Å². The fraction of sp³-hybridized carbons (Fsp3) is 0.353. The van der Waals surface area contributed by atoms with Gasteiger partial charge in [-0.05, 0) is 45.2 Å². The van der Waals surface area contributed by atoms with Crippen LogP contribution in [-0.2, 0) is 0 Å². The van der Waals surface area contributed by atoms with Crippen molar-refractivity contribution >= 4 is 18.4 Å². The maximum atomic E-state index is 4.49. The number of hydrogen-bond acceptors (Lipinski definition) is 3. The van der Waals surface area contributed by atoms with Crippen LogP contribution in [0.4, 0.5) is 5.82 Å². The summed E-state index contributed by atoms with van der Waals surface area (Å²) in [5.74, 6) is 1.62. The summed E-state index contributed by atoms with van der Waals surface area (Å²) in [6, 6.07) is 8.16. The van der Waals surface area contributed by atoms with E-state index in [0.29, 0.717) is 0 Å². The van der Waals surface area contributed by atoms with Crippen molar-refractivity contribution in [3.8, 4) is 5.69 Å². The van der Waals surface area contributed by atoms with Crippen LogP contribution in [0.15, 0.2) is 40.4 Å². The first-order valence-corrected chi connectivity index (χ1v) is 7.50. The normalized spacial score (nSPS) is 11.5. The average Bonchev–Trinajstić information content (AvgIpc) is 2.96. The summed E-state index contributed by atoms with van der Waals surface area (Å²) in [6.07, 6.45) is 1.81. The molecule has 1 heterocycles. The van der Waals surface area contributed by atoms with E-state index in [2.05, 4.69) is 59.6 Å². The molecule has 0 aliphatic rings. The number of rotatable bonds is 5. The predicted molar refractivity (Wildman–Crippen MR) is 92.9 cm³/mol. The van der Waals surface area contributed by atoms with Gasteiger partial charge < -0.3 is 4.90 Å². The van der Waals surface area contributed by atoms with Gasteiger partial charge in [0.05, 0.1) is 17.4 Å². The van der Waals surface area contributed by atoms with Crippen LogP contribution in [0.2, 0.25) is 0 Å². The van der Waals surface area contributed by atoms with Crippen molar-refractivity contribution in [1.29, 1.82) is 0 Å². The van der Waals surface area contributed by atoms with E-state index in [0.717, 1.165) is 36.0 Å². The number of benzene rings is 1. The minimum atomic E-state index is 0.720. The molecule has 0 unspecified atom stereocenters. The molecule has 22 heavy (non-hydrogen) atoms. The Morgan fingerprint density at radius 3 is 2.59 bits per heavy atom. The quantitative estimate of drug-likeness (QED) is 0.628. The minimum absolute atomic E-state index is 0.720. The molecule has 0 bridgehead atoms. The Morgan fingerprint density at radius 1 is 1.32 bits per heavy atom. The van der Waals surface area contributed by atoms with Gasteiger partial charge in [0.15, 0.2) is 5.82 Å². The average molecular weight is 297 g/mol. The monoisotopic (exact) mass is 297 g/mol. The lowest BCUT2D eigenvalue weighted by Crippen LogP contribution is -2.31. The summed E-state index contributed by atoms with van der Waals surface area (Å²) in [7, 11) is 1.80. The molecule has 0 fully saturated rings. The van der Waals surface area contributed by atoms with E-state index < -0.39 is 0 Å². The molecule has 1 aromatic heterocycles. The molecule has 2 aromatic rings. The molecule has 0 saturated heterocycles. The zero-order chi connectivity index (χ0) is 16.1. The smallest absolute Gasteiger partial charge is 0.166 e. The Labute approximate surface area is 132 Å². The predicted octanol–water partition coefficient (Wildman–Crippen LogP) is 3.23. The van der Waals surface area contributed by atoms with E-state index in [4.69, 9.17) is 0 Å². The van der Waals surface area contributed by atoms with Crippen LogP contribution in [0, 0.1) is 6.92 Å². The summed E-state index contributed by atoms with van der Waals surface area (Å²) in [6.45, 7) is 11.8. The first kappa shape index (κ1) is 15.9. The second-order valence-corrected chi connectivity index (χ2v) is 5.01. The van der Waals surface area contributed by atoms with E-state index in [9.17, 15) is 0 Å². The fourth-order valence-corrected chi connectivity index (χ4v) is 2.56. The molecule has 0 atom stereocenters. The summed E-state index contributed by atoms with van der Waals surface area (Å²) in [5.41, 5.74) is 3.06. The second-order valence-electron chi connectivity index (χ2n) is 5.01. The van der Waals surface area contributed by atoms with Crippen molar-refractivity contribution in [2.45, 2.75) is 20.8 Å². The van der Waals surface area contributed by atoms with Gasteiger partial charge in [0.1, 0.15) is 5.84 Å². The third-order valence-electron chi connectivity index (χ3n) is 3.66. The zero-order valence-electron chi connectivity index (χ0n) is 13.7. The lowest BCUT2D eigenvalue weighted by Gasteiger charge is -2.22. The summed E-state index contributed by atoms with van der Waals surface area (Å²) < 4.78 is 1.81. The Hall–Kier alpha value is -2.43. The lowest BCUT2D eigenvalue weighted by molar-refractivity contribution is 0.466. The van der Waals surface area contributed by atoms with Crippen molar-refractivity contribution in [1.82, 2.24) is 14.7 Å². The van der Waals surface area contributed by atoms with Crippen molar-refractivity contribution in [2.75, 3.05) is 20.1 Å². The van der Waals surface area contributed by atoms with E-state index in [1.54, 1.807) is 7.05 Å². The third-order valence-corrected chi connectivity index (χ3v) is 3.66. The number of nitrogens with zero attached hydrogens (tertiary/aromatic N) is 5. The van der Waals surface area contributed by atoms with Crippen LogP contribution >= 0.6 is 0 Å². The summed E-state index contributed by atoms with van der Waals surface area (Å²) in [4.78, 5) is 10.8. The summed E-state index contributed by atoms with van der Waals surface area (Å²) >= 11 is 0. The largest absolute Gasteiger partial charge is 0.357 e. The van der Waals surface area contributed by atoms with Gasteiger partial charge in [0, 0.05) is 20.1 Å². The molecule has 0 aliphatic heterocycles. The van der Waals surface area contributed by atoms with Crippen molar-refractivity contribution in [3.63, 3.8) is 0 Å². The number of aryl methyl sites for hydroxylation is 1. The van der Waals surface area contributed by atoms with Crippen molar-refractivity contribution in [2.24, 2.45) is 9.98 Å². The van der Waals surface area contributed by atoms with Gasteiger partial charge in [-0.2, -0.15) is 5.10 Å². The highest BCUT2D eigenvalue weighted by Gasteiger charge is 2.19. The zero-order valence-corrected chi connectivity index (χ0v) is 13.7. The molecule has 0 aliphatic carbocycles. The molecule has 0 spiro atoms. The van der Waals surface area contributed by atoms with E-state index >= 15 is 0 Å². The Kier molecular flexibility index (Phi) is 5.09. The van der Waals surface area contributed by atoms with Crippen molar-refractivity contribution in [3.05, 3.63) is 41.6 Å². The molecule has 0 saturated carbocycles. The number of aliphatic imine (C=N–C) groups is 2. The van der Waals surface area contributed by atoms with Crippen LogP contribution < -0.4 is 0 Å². The molecule has 0 amide bonds.